The number of hydrogen-bond donors (Lipinski definition) is 0. The van der Waals surface area contributed by atoms with E-state index in [1.54, 1.807) is 16.2 Å². The SMILES string of the molecule is Cn1c(=O)n(C)c2cc(-c3ccc(-c4cc(-c5ccc(-c6cccc7c6oc6ccccc67)cc5)nc(-c5ccccc5)n4)cc3)ccc21. The van der Waals surface area contributed by atoms with Gasteiger partial charge in [-0.1, -0.05) is 121 Å². The summed E-state index contributed by atoms with van der Waals surface area (Å²) in [6.45, 7) is 0. The number of furan rings is 1. The van der Waals surface area contributed by atoms with Gasteiger partial charge in [0.15, 0.2) is 5.82 Å². The summed E-state index contributed by atoms with van der Waals surface area (Å²) >= 11 is 0. The van der Waals surface area contributed by atoms with Crippen LogP contribution in [0.15, 0.2) is 155 Å². The van der Waals surface area contributed by atoms with Crippen LogP contribution in [0.2, 0.25) is 0 Å². The normalized spacial score (nSPS) is 11.6. The van der Waals surface area contributed by atoms with E-state index < -0.39 is 0 Å². The number of aryl methyl sites for hydroxylation is 2. The topological polar surface area (TPSA) is 65.8 Å². The van der Waals surface area contributed by atoms with E-state index in [1.807, 2.05) is 61.6 Å². The number of aromatic nitrogens is 4. The number of para-hydroxylation sites is 2. The Labute approximate surface area is 282 Å². The van der Waals surface area contributed by atoms with E-state index in [0.29, 0.717) is 5.82 Å². The molecule has 234 valence electrons. The molecule has 9 aromatic rings. The highest BCUT2D eigenvalue weighted by Gasteiger charge is 2.15. The van der Waals surface area contributed by atoms with Crippen LogP contribution in [0.1, 0.15) is 0 Å². The first-order valence-electron chi connectivity index (χ1n) is 16.2. The number of benzene rings is 6. The van der Waals surface area contributed by atoms with Crippen molar-refractivity contribution in [1.29, 1.82) is 0 Å². The summed E-state index contributed by atoms with van der Waals surface area (Å²) in [5, 5.41) is 2.23. The van der Waals surface area contributed by atoms with Crippen molar-refractivity contribution in [2.45, 2.75) is 0 Å². The average molecular weight is 635 g/mol. The molecular formula is C43H30N4O2. The van der Waals surface area contributed by atoms with E-state index in [-0.39, 0.29) is 5.69 Å². The summed E-state index contributed by atoms with van der Waals surface area (Å²) in [4.78, 5) is 22.5. The fourth-order valence-electron chi connectivity index (χ4n) is 6.77. The van der Waals surface area contributed by atoms with Gasteiger partial charge in [0.25, 0.3) is 0 Å². The summed E-state index contributed by atoms with van der Waals surface area (Å²) in [5.74, 6) is 0.670. The van der Waals surface area contributed by atoms with Crippen molar-refractivity contribution in [3.8, 4) is 56.2 Å². The zero-order valence-corrected chi connectivity index (χ0v) is 27.0. The molecule has 0 aliphatic heterocycles. The average Bonchev–Trinajstić information content (AvgIpc) is 3.65. The maximum Gasteiger partial charge on any atom is 0.328 e. The highest BCUT2D eigenvalue weighted by Crippen LogP contribution is 2.37. The van der Waals surface area contributed by atoms with Gasteiger partial charge in [0.05, 0.1) is 22.4 Å². The molecular weight excluding hydrogens is 604 g/mol. The Balaban J connectivity index is 1.10. The van der Waals surface area contributed by atoms with Gasteiger partial charge in [-0.15, -0.1) is 0 Å². The lowest BCUT2D eigenvalue weighted by molar-refractivity contribution is 0.670. The van der Waals surface area contributed by atoms with Crippen LogP contribution in [0.5, 0.6) is 0 Å². The maximum absolute atomic E-state index is 12.5. The third-order valence-electron chi connectivity index (χ3n) is 9.44. The molecule has 0 aliphatic carbocycles. The summed E-state index contributed by atoms with van der Waals surface area (Å²) in [7, 11) is 3.61. The predicted octanol–water partition coefficient (Wildman–Crippen LogP) is 9.90. The van der Waals surface area contributed by atoms with Crippen LogP contribution >= 0.6 is 0 Å². The Kier molecular flexibility index (Phi) is 6.62. The lowest BCUT2D eigenvalue weighted by atomic mass is 9.99. The van der Waals surface area contributed by atoms with Gasteiger partial charge < -0.3 is 4.42 Å². The molecule has 0 atom stereocenters. The molecule has 0 N–H and O–H groups in total. The molecule has 0 spiro atoms. The van der Waals surface area contributed by atoms with E-state index >= 15 is 0 Å². The number of imidazole rings is 1. The molecule has 49 heavy (non-hydrogen) atoms. The fraction of sp³-hybridized carbons (Fsp3) is 0.0465. The molecule has 0 saturated heterocycles. The Morgan fingerprint density at radius 3 is 1.82 bits per heavy atom. The molecule has 0 amide bonds. The monoisotopic (exact) mass is 634 g/mol. The minimum Gasteiger partial charge on any atom is -0.455 e. The molecule has 0 aliphatic rings. The van der Waals surface area contributed by atoms with E-state index in [9.17, 15) is 4.79 Å². The Morgan fingerprint density at radius 1 is 0.490 bits per heavy atom. The first-order chi connectivity index (χ1) is 24.0. The van der Waals surface area contributed by atoms with Crippen molar-refractivity contribution in [3.05, 3.63) is 156 Å². The van der Waals surface area contributed by atoms with Crippen LogP contribution in [0.25, 0.3) is 89.1 Å². The summed E-state index contributed by atoms with van der Waals surface area (Å²) in [6, 6.07) is 49.7. The molecule has 3 heterocycles. The van der Waals surface area contributed by atoms with Crippen LogP contribution in [0, 0.1) is 0 Å². The van der Waals surface area contributed by atoms with Crippen molar-refractivity contribution in [2.75, 3.05) is 0 Å². The Morgan fingerprint density at radius 2 is 1.08 bits per heavy atom. The van der Waals surface area contributed by atoms with Crippen molar-refractivity contribution in [1.82, 2.24) is 19.1 Å². The van der Waals surface area contributed by atoms with Gasteiger partial charge >= 0.3 is 5.69 Å². The predicted molar refractivity (Wildman–Crippen MR) is 198 cm³/mol. The first-order valence-corrected chi connectivity index (χ1v) is 16.2. The fourth-order valence-corrected chi connectivity index (χ4v) is 6.77. The van der Waals surface area contributed by atoms with Gasteiger partial charge in [0.1, 0.15) is 11.2 Å². The second-order valence-electron chi connectivity index (χ2n) is 12.4. The molecule has 0 fully saturated rings. The summed E-state index contributed by atoms with van der Waals surface area (Å²) in [5.41, 5.74) is 12.4. The highest BCUT2D eigenvalue weighted by molar-refractivity contribution is 6.09. The molecule has 6 heteroatoms. The molecule has 3 aromatic heterocycles. The lowest BCUT2D eigenvalue weighted by Gasteiger charge is -2.11. The van der Waals surface area contributed by atoms with Gasteiger partial charge in [-0.2, -0.15) is 0 Å². The van der Waals surface area contributed by atoms with Gasteiger partial charge in [-0.3, -0.25) is 9.13 Å². The standard InChI is InChI=1S/C43H30N4O2/c1-46-38-24-23-32(25-39(38)47(2)43(46)48)27-15-19-29(20-16-27)36-26-37(45-42(44-36)31-9-4-3-5-10-31)30-21-17-28(18-22-30)33-12-8-13-35-34-11-6-7-14-40(34)49-41(33)35/h3-26H,1-2H3. The van der Waals surface area contributed by atoms with Gasteiger partial charge in [-0.05, 0) is 41.0 Å². The summed E-state index contributed by atoms with van der Waals surface area (Å²) < 4.78 is 9.67. The Hall–Kier alpha value is -6.53. The molecule has 9 rings (SSSR count). The minimum atomic E-state index is -0.0329. The molecule has 0 radical (unpaired) electrons. The van der Waals surface area contributed by atoms with Crippen LogP contribution in [-0.2, 0) is 14.1 Å². The highest BCUT2D eigenvalue weighted by atomic mass is 16.3. The van der Waals surface area contributed by atoms with E-state index in [1.165, 1.54) is 0 Å². The number of hydrogen-bond acceptors (Lipinski definition) is 4. The van der Waals surface area contributed by atoms with Crippen LogP contribution in [-0.4, -0.2) is 19.1 Å². The number of rotatable bonds is 5. The first kappa shape index (κ1) is 28.7. The van der Waals surface area contributed by atoms with Gasteiger partial charge in [0.2, 0.25) is 0 Å². The zero-order valence-electron chi connectivity index (χ0n) is 27.0. The molecule has 6 nitrogen and oxygen atoms in total. The smallest absolute Gasteiger partial charge is 0.328 e. The van der Waals surface area contributed by atoms with E-state index in [2.05, 4.69) is 91.0 Å². The van der Waals surface area contributed by atoms with Crippen molar-refractivity contribution in [2.24, 2.45) is 14.1 Å². The third kappa shape index (κ3) is 4.85. The molecule has 0 bridgehead atoms. The molecule has 6 aromatic carbocycles. The summed E-state index contributed by atoms with van der Waals surface area (Å²) in [6.07, 6.45) is 0. The number of fused-ring (bicyclic) bond motifs is 4. The lowest BCUT2D eigenvalue weighted by Crippen LogP contribution is -2.19. The van der Waals surface area contributed by atoms with E-state index in [4.69, 9.17) is 14.4 Å². The second kappa shape index (κ2) is 11.3. The maximum atomic E-state index is 12.5. The van der Waals surface area contributed by atoms with E-state index in [0.717, 1.165) is 83.3 Å². The van der Waals surface area contributed by atoms with Crippen molar-refractivity contribution >= 4 is 33.0 Å². The molecule has 0 unspecified atom stereocenters. The van der Waals surface area contributed by atoms with Crippen molar-refractivity contribution in [3.63, 3.8) is 0 Å². The largest absolute Gasteiger partial charge is 0.455 e. The van der Waals surface area contributed by atoms with Crippen LogP contribution < -0.4 is 5.69 Å². The second-order valence-corrected chi connectivity index (χ2v) is 12.4. The van der Waals surface area contributed by atoms with Gasteiger partial charge in [-0.25, -0.2) is 14.8 Å². The van der Waals surface area contributed by atoms with Crippen molar-refractivity contribution < 1.29 is 4.42 Å². The van der Waals surface area contributed by atoms with Crippen LogP contribution in [0.4, 0.5) is 0 Å². The quantitative estimate of drug-likeness (QED) is 0.189. The third-order valence-corrected chi connectivity index (χ3v) is 9.44. The van der Waals surface area contributed by atoms with Gasteiger partial charge in [0, 0.05) is 47.1 Å². The van der Waals surface area contributed by atoms with Crippen LogP contribution in [0.3, 0.4) is 0 Å². The number of nitrogens with zero attached hydrogens (tertiary/aromatic N) is 4. The zero-order chi connectivity index (χ0) is 33.1. The Bertz CT molecular complexity index is 2740. The minimum absolute atomic E-state index is 0.0329. The molecule has 0 saturated carbocycles.